The molecule has 27 heavy (non-hydrogen) atoms. The molecule has 1 aromatic heterocycles. The van der Waals surface area contributed by atoms with Gasteiger partial charge in [-0.2, -0.15) is 0 Å². The van der Waals surface area contributed by atoms with E-state index < -0.39 is 5.60 Å². The molecular weight excluding hydrogens is 391 g/mol. The van der Waals surface area contributed by atoms with E-state index in [-0.39, 0.29) is 36.6 Å². The first-order chi connectivity index (χ1) is 12.1. The number of hydrogen-bond donors (Lipinski definition) is 3. The third kappa shape index (κ3) is 7.52. The average Bonchev–Trinajstić information content (AvgIpc) is 2.85. The lowest BCUT2D eigenvalue weighted by Crippen LogP contribution is -2.53. The number of β-amino-alcohol motifs (C(OH)–C–C–N with tert-alkyl or cyclic N) is 1. The average molecular weight is 421 g/mol. The van der Waals surface area contributed by atoms with Gasteiger partial charge in [-0.15, -0.1) is 24.8 Å². The number of hydrogen-bond acceptors (Lipinski definition) is 6. The first-order valence-electron chi connectivity index (χ1n) is 9.05. The summed E-state index contributed by atoms with van der Waals surface area (Å²) in [5, 5.41) is 16.9. The molecule has 1 amide bonds. The number of nitrogens with one attached hydrogen (secondary N) is 2. The number of rotatable bonds is 5. The number of carbonyl (C=O) groups excluding carboxylic acids is 1. The molecule has 0 saturated carbocycles. The second-order valence-electron chi connectivity index (χ2n) is 7.04. The van der Waals surface area contributed by atoms with Crippen LogP contribution in [0, 0.1) is 5.92 Å². The summed E-state index contributed by atoms with van der Waals surface area (Å²) in [4.78, 5) is 18.8. The van der Waals surface area contributed by atoms with Crippen molar-refractivity contribution < 1.29 is 14.6 Å². The Balaban J connectivity index is 0.00000182. The Kier molecular flexibility index (Phi) is 10.5. The number of aromatic nitrogens is 1. The molecule has 154 valence electrons. The Hall–Kier alpha value is -0.960. The van der Waals surface area contributed by atoms with Crippen molar-refractivity contribution in [3.8, 4) is 0 Å². The molecule has 3 N–H and O–H groups in total. The number of amides is 1. The van der Waals surface area contributed by atoms with Crippen molar-refractivity contribution in [1.82, 2.24) is 20.5 Å². The van der Waals surface area contributed by atoms with E-state index in [1.165, 1.54) is 0 Å². The molecule has 0 spiro atoms. The zero-order valence-corrected chi connectivity index (χ0v) is 17.1. The van der Waals surface area contributed by atoms with E-state index in [1.54, 1.807) is 6.20 Å². The van der Waals surface area contributed by atoms with Crippen molar-refractivity contribution in [2.45, 2.75) is 25.0 Å². The Morgan fingerprint density at radius 2 is 2.15 bits per heavy atom. The van der Waals surface area contributed by atoms with Gasteiger partial charge in [0.15, 0.2) is 0 Å². The fourth-order valence-corrected chi connectivity index (χ4v) is 3.47. The maximum atomic E-state index is 12.3. The molecule has 1 atom stereocenters. The van der Waals surface area contributed by atoms with Gasteiger partial charge in [0.1, 0.15) is 5.60 Å². The molecule has 0 bridgehead atoms. The van der Waals surface area contributed by atoms with Crippen molar-refractivity contribution in [2.24, 2.45) is 5.92 Å². The van der Waals surface area contributed by atoms with Crippen LogP contribution >= 0.6 is 24.8 Å². The summed E-state index contributed by atoms with van der Waals surface area (Å²) in [6, 6.07) is 5.69. The predicted octanol–water partition coefficient (Wildman–Crippen LogP) is 0.604. The normalized spacial score (nSPS) is 24.2. The van der Waals surface area contributed by atoms with E-state index in [4.69, 9.17) is 4.74 Å². The van der Waals surface area contributed by atoms with Crippen LogP contribution in [-0.2, 0) is 16.1 Å². The second kappa shape index (κ2) is 11.8. The summed E-state index contributed by atoms with van der Waals surface area (Å²) in [5.41, 5.74) is 0.0290. The number of nitrogens with zero attached hydrogens (tertiary/aromatic N) is 2. The van der Waals surface area contributed by atoms with Gasteiger partial charge in [0.2, 0.25) is 5.91 Å². The molecule has 0 aliphatic carbocycles. The first kappa shape index (κ1) is 24.1. The number of carbonyl (C=O) groups is 1. The number of piperidine rings is 1. The van der Waals surface area contributed by atoms with Gasteiger partial charge in [0.25, 0.3) is 0 Å². The summed E-state index contributed by atoms with van der Waals surface area (Å²) in [6.45, 7) is 5.04. The summed E-state index contributed by atoms with van der Waals surface area (Å²) in [7, 11) is 0. The minimum atomic E-state index is -0.843. The Morgan fingerprint density at radius 1 is 1.37 bits per heavy atom. The molecule has 2 saturated heterocycles. The van der Waals surface area contributed by atoms with Crippen LogP contribution in [0.4, 0.5) is 0 Å². The molecule has 7 nitrogen and oxygen atoms in total. The second-order valence-corrected chi connectivity index (χ2v) is 7.04. The zero-order valence-electron chi connectivity index (χ0n) is 15.4. The van der Waals surface area contributed by atoms with Gasteiger partial charge in [-0.25, -0.2) is 0 Å². The van der Waals surface area contributed by atoms with E-state index in [9.17, 15) is 9.90 Å². The summed E-state index contributed by atoms with van der Waals surface area (Å²) >= 11 is 0. The number of halogens is 2. The summed E-state index contributed by atoms with van der Waals surface area (Å²) in [6.07, 6.45) is 3.37. The van der Waals surface area contributed by atoms with E-state index in [1.807, 2.05) is 18.2 Å². The highest BCUT2D eigenvalue weighted by Crippen LogP contribution is 2.20. The maximum Gasteiger partial charge on any atom is 0.223 e. The first-order valence-corrected chi connectivity index (χ1v) is 9.05. The Labute approximate surface area is 173 Å². The molecule has 3 rings (SSSR count). The zero-order chi connectivity index (χ0) is 17.5. The lowest BCUT2D eigenvalue weighted by atomic mass is 9.94. The largest absolute Gasteiger partial charge is 0.385 e. The number of aliphatic hydroxyl groups is 1. The fourth-order valence-electron chi connectivity index (χ4n) is 3.47. The standard InChI is InChI=1S/C18H28N4O3.2ClH/c23-17(21-11-16-3-1-2-6-20-16)15-4-8-22(9-5-15)13-18(24)12-19-7-10-25-14-18;;/h1-3,6,15,19,24H,4-5,7-14H2,(H,21,23);2*1H. The number of pyridine rings is 1. The molecule has 2 aliphatic rings. The van der Waals surface area contributed by atoms with E-state index in [0.29, 0.717) is 32.8 Å². The Bertz CT molecular complexity index is 549. The SMILES string of the molecule is Cl.Cl.O=C(NCc1ccccn1)C1CCN(CC2(O)CNCCOC2)CC1. The molecule has 1 unspecified atom stereocenters. The van der Waals surface area contributed by atoms with Gasteiger partial charge in [-0.3, -0.25) is 9.78 Å². The molecule has 1 aromatic rings. The third-order valence-electron chi connectivity index (χ3n) is 4.89. The van der Waals surface area contributed by atoms with Gasteiger partial charge < -0.3 is 25.4 Å². The molecule has 9 heteroatoms. The van der Waals surface area contributed by atoms with E-state index in [0.717, 1.165) is 38.2 Å². The molecular formula is C18H30Cl2N4O3. The fraction of sp³-hybridized carbons (Fsp3) is 0.667. The van der Waals surface area contributed by atoms with Crippen LogP contribution in [0.5, 0.6) is 0 Å². The van der Waals surface area contributed by atoms with Crippen molar-refractivity contribution >= 4 is 30.7 Å². The highest BCUT2D eigenvalue weighted by molar-refractivity contribution is 5.85. The van der Waals surface area contributed by atoms with Crippen molar-refractivity contribution in [2.75, 3.05) is 45.9 Å². The topological polar surface area (TPSA) is 86.7 Å². The Morgan fingerprint density at radius 3 is 2.85 bits per heavy atom. The minimum absolute atomic E-state index is 0. The molecule has 3 heterocycles. The minimum Gasteiger partial charge on any atom is -0.385 e. The summed E-state index contributed by atoms with van der Waals surface area (Å²) in [5.74, 6) is 0.140. The molecule has 2 fully saturated rings. The van der Waals surface area contributed by atoms with Gasteiger partial charge in [0.05, 0.1) is 25.5 Å². The highest BCUT2D eigenvalue weighted by Gasteiger charge is 2.33. The lowest BCUT2D eigenvalue weighted by molar-refractivity contribution is -0.127. The van der Waals surface area contributed by atoms with Crippen LogP contribution in [0.15, 0.2) is 24.4 Å². The van der Waals surface area contributed by atoms with Crippen molar-refractivity contribution in [1.29, 1.82) is 0 Å². The third-order valence-corrected chi connectivity index (χ3v) is 4.89. The van der Waals surface area contributed by atoms with Crippen LogP contribution in [0.2, 0.25) is 0 Å². The van der Waals surface area contributed by atoms with Crippen LogP contribution in [0.25, 0.3) is 0 Å². The van der Waals surface area contributed by atoms with Gasteiger partial charge in [-0.05, 0) is 38.1 Å². The van der Waals surface area contributed by atoms with E-state index in [2.05, 4.69) is 20.5 Å². The van der Waals surface area contributed by atoms with Crippen LogP contribution in [-0.4, -0.2) is 72.4 Å². The summed E-state index contributed by atoms with van der Waals surface area (Å²) < 4.78 is 5.48. The van der Waals surface area contributed by atoms with E-state index >= 15 is 0 Å². The monoisotopic (exact) mass is 420 g/mol. The highest BCUT2D eigenvalue weighted by atomic mass is 35.5. The molecule has 0 aromatic carbocycles. The van der Waals surface area contributed by atoms with Gasteiger partial charge in [0, 0.05) is 31.7 Å². The molecule has 0 radical (unpaired) electrons. The number of likely N-dealkylation sites (tertiary alicyclic amines) is 1. The van der Waals surface area contributed by atoms with Crippen LogP contribution < -0.4 is 10.6 Å². The smallest absolute Gasteiger partial charge is 0.223 e. The van der Waals surface area contributed by atoms with Crippen molar-refractivity contribution in [3.63, 3.8) is 0 Å². The van der Waals surface area contributed by atoms with Gasteiger partial charge >= 0.3 is 0 Å². The van der Waals surface area contributed by atoms with Crippen LogP contribution in [0.3, 0.4) is 0 Å². The lowest BCUT2D eigenvalue weighted by Gasteiger charge is -2.37. The number of ether oxygens (including phenoxy) is 1. The van der Waals surface area contributed by atoms with Crippen molar-refractivity contribution in [3.05, 3.63) is 30.1 Å². The van der Waals surface area contributed by atoms with Gasteiger partial charge in [-0.1, -0.05) is 6.07 Å². The quantitative estimate of drug-likeness (QED) is 0.646. The maximum absolute atomic E-state index is 12.3. The molecule has 2 aliphatic heterocycles. The predicted molar refractivity (Wildman–Crippen MR) is 108 cm³/mol. The van der Waals surface area contributed by atoms with Crippen LogP contribution in [0.1, 0.15) is 18.5 Å².